The van der Waals surface area contributed by atoms with E-state index >= 15 is 0 Å². The van der Waals surface area contributed by atoms with E-state index in [-0.39, 0.29) is 5.91 Å². The predicted molar refractivity (Wildman–Crippen MR) is 103 cm³/mol. The van der Waals surface area contributed by atoms with Crippen molar-refractivity contribution in [2.75, 3.05) is 33.1 Å². The third-order valence-electron chi connectivity index (χ3n) is 3.92. The van der Waals surface area contributed by atoms with Gasteiger partial charge in [0, 0.05) is 15.7 Å². The summed E-state index contributed by atoms with van der Waals surface area (Å²) < 4.78 is 11.7. The number of amides is 1. The van der Waals surface area contributed by atoms with Gasteiger partial charge < -0.3 is 19.7 Å². The summed E-state index contributed by atoms with van der Waals surface area (Å²) >= 11 is 3.38. The third-order valence-corrected chi connectivity index (χ3v) is 4.45. The SMILES string of the molecule is COc1cc(C)c(C[NH+](C)CC(=O)Nc2ccc(Br)cc2)cc1OC. The molecule has 0 spiro atoms. The van der Waals surface area contributed by atoms with Crippen LogP contribution >= 0.6 is 15.9 Å². The van der Waals surface area contributed by atoms with Gasteiger partial charge in [0.05, 0.1) is 21.3 Å². The highest BCUT2D eigenvalue weighted by Gasteiger charge is 2.15. The molecule has 2 N–H and O–H groups in total. The molecular weight excluding hydrogens is 384 g/mol. The van der Waals surface area contributed by atoms with Crippen LogP contribution in [0.25, 0.3) is 0 Å². The Morgan fingerprint density at radius 3 is 2.32 bits per heavy atom. The standard InChI is InChI=1S/C19H23BrN2O3/c1-13-9-17(24-3)18(25-4)10-14(13)11-22(2)12-19(23)21-16-7-5-15(20)6-8-16/h5-10H,11-12H2,1-4H3,(H,21,23)/p+1. The lowest BCUT2D eigenvalue weighted by Gasteiger charge is -2.17. The van der Waals surface area contributed by atoms with Gasteiger partial charge in [0.2, 0.25) is 0 Å². The van der Waals surface area contributed by atoms with Gasteiger partial charge in [0.25, 0.3) is 5.91 Å². The lowest BCUT2D eigenvalue weighted by molar-refractivity contribution is -0.885. The molecule has 1 atom stereocenters. The van der Waals surface area contributed by atoms with Crippen molar-refractivity contribution in [3.05, 3.63) is 52.0 Å². The molecular formula is C19H24BrN2O3+. The van der Waals surface area contributed by atoms with Gasteiger partial charge in [0.1, 0.15) is 6.54 Å². The van der Waals surface area contributed by atoms with Gasteiger partial charge in [-0.1, -0.05) is 15.9 Å². The van der Waals surface area contributed by atoms with Crippen molar-refractivity contribution in [3.8, 4) is 11.5 Å². The summed E-state index contributed by atoms with van der Waals surface area (Å²) in [4.78, 5) is 13.3. The smallest absolute Gasteiger partial charge is 0.279 e. The quantitative estimate of drug-likeness (QED) is 0.740. The topological polar surface area (TPSA) is 52.0 Å². The maximum atomic E-state index is 12.2. The number of benzene rings is 2. The Labute approximate surface area is 157 Å². The van der Waals surface area contributed by atoms with E-state index in [0.29, 0.717) is 12.3 Å². The number of carbonyl (C=O) groups is 1. The second-order valence-electron chi connectivity index (χ2n) is 6.00. The van der Waals surface area contributed by atoms with Crippen LogP contribution in [0.5, 0.6) is 11.5 Å². The van der Waals surface area contributed by atoms with E-state index in [0.717, 1.165) is 38.5 Å². The molecule has 2 rings (SSSR count). The van der Waals surface area contributed by atoms with E-state index in [2.05, 4.69) is 21.2 Å². The number of halogens is 1. The fourth-order valence-corrected chi connectivity index (χ4v) is 2.88. The monoisotopic (exact) mass is 407 g/mol. The minimum Gasteiger partial charge on any atom is -0.493 e. The van der Waals surface area contributed by atoms with Crippen molar-refractivity contribution in [1.29, 1.82) is 0 Å². The second-order valence-corrected chi connectivity index (χ2v) is 6.92. The Bertz CT molecular complexity index is 732. The van der Waals surface area contributed by atoms with E-state index < -0.39 is 0 Å². The molecule has 0 aliphatic carbocycles. The van der Waals surface area contributed by atoms with Gasteiger partial charge in [-0.15, -0.1) is 0 Å². The molecule has 0 aliphatic heterocycles. The van der Waals surface area contributed by atoms with Crippen LogP contribution in [0.3, 0.4) is 0 Å². The number of hydrogen-bond donors (Lipinski definition) is 2. The molecule has 0 radical (unpaired) electrons. The zero-order chi connectivity index (χ0) is 18.4. The predicted octanol–water partition coefficient (Wildman–Crippen LogP) is 2.43. The molecule has 0 aromatic heterocycles. The van der Waals surface area contributed by atoms with E-state index in [9.17, 15) is 4.79 Å². The molecule has 0 saturated heterocycles. The number of carbonyl (C=O) groups excluding carboxylic acids is 1. The van der Waals surface area contributed by atoms with Crippen molar-refractivity contribution in [3.63, 3.8) is 0 Å². The molecule has 0 fully saturated rings. The molecule has 134 valence electrons. The number of aryl methyl sites for hydroxylation is 1. The lowest BCUT2D eigenvalue weighted by Crippen LogP contribution is -3.08. The summed E-state index contributed by atoms with van der Waals surface area (Å²) in [5, 5.41) is 2.92. The number of likely N-dealkylation sites (N-methyl/N-ethyl adjacent to an activating group) is 1. The van der Waals surface area contributed by atoms with Gasteiger partial charge in [-0.2, -0.15) is 0 Å². The third kappa shape index (κ3) is 5.47. The van der Waals surface area contributed by atoms with E-state index in [4.69, 9.17) is 9.47 Å². The van der Waals surface area contributed by atoms with Gasteiger partial charge >= 0.3 is 0 Å². The van der Waals surface area contributed by atoms with Gasteiger partial charge in [-0.3, -0.25) is 4.79 Å². The Morgan fingerprint density at radius 1 is 1.12 bits per heavy atom. The normalized spacial score (nSPS) is 11.7. The van der Waals surface area contributed by atoms with Crippen molar-refractivity contribution < 1.29 is 19.2 Å². The summed E-state index contributed by atoms with van der Waals surface area (Å²) in [6.45, 7) is 3.14. The van der Waals surface area contributed by atoms with E-state index in [1.165, 1.54) is 0 Å². The molecule has 25 heavy (non-hydrogen) atoms. The molecule has 2 aromatic carbocycles. The van der Waals surface area contributed by atoms with Gasteiger partial charge in [-0.25, -0.2) is 0 Å². The molecule has 0 aliphatic rings. The maximum Gasteiger partial charge on any atom is 0.279 e. The summed E-state index contributed by atoms with van der Waals surface area (Å²) in [5.74, 6) is 1.41. The first-order valence-electron chi connectivity index (χ1n) is 8.01. The highest BCUT2D eigenvalue weighted by Crippen LogP contribution is 2.29. The summed E-state index contributed by atoms with van der Waals surface area (Å²) in [6.07, 6.45) is 0. The summed E-state index contributed by atoms with van der Waals surface area (Å²) in [7, 11) is 5.25. The highest BCUT2D eigenvalue weighted by molar-refractivity contribution is 9.10. The van der Waals surface area contributed by atoms with E-state index in [1.807, 2.05) is 50.4 Å². The number of quaternary nitrogens is 1. The lowest BCUT2D eigenvalue weighted by atomic mass is 10.1. The minimum absolute atomic E-state index is 0.0158. The number of anilines is 1. The Morgan fingerprint density at radius 2 is 1.72 bits per heavy atom. The largest absolute Gasteiger partial charge is 0.493 e. The second kappa shape index (κ2) is 8.87. The van der Waals surface area contributed by atoms with Crippen LogP contribution in [0.4, 0.5) is 5.69 Å². The summed E-state index contributed by atoms with van der Waals surface area (Å²) in [6, 6.07) is 11.5. The van der Waals surface area contributed by atoms with Crippen LogP contribution in [0.2, 0.25) is 0 Å². The number of methoxy groups -OCH3 is 2. The Balaban J connectivity index is 1.98. The fourth-order valence-electron chi connectivity index (χ4n) is 2.61. The van der Waals surface area contributed by atoms with Crippen molar-refractivity contribution >= 4 is 27.5 Å². The summed E-state index contributed by atoms with van der Waals surface area (Å²) in [5.41, 5.74) is 3.04. The average molecular weight is 408 g/mol. The zero-order valence-corrected chi connectivity index (χ0v) is 16.6. The Kier molecular flexibility index (Phi) is 6.84. The van der Waals surface area contributed by atoms with Crippen LogP contribution in [0, 0.1) is 6.92 Å². The molecule has 0 heterocycles. The molecule has 1 unspecified atom stereocenters. The molecule has 6 heteroatoms. The number of nitrogens with one attached hydrogen (secondary N) is 2. The average Bonchev–Trinajstić information content (AvgIpc) is 2.58. The number of ether oxygens (including phenoxy) is 2. The molecule has 0 saturated carbocycles. The number of hydrogen-bond acceptors (Lipinski definition) is 3. The number of rotatable bonds is 7. The van der Waals surface area contributed by atoms with Crippen molar-refractivity contribution in [2.45, 2.75) is 13.5 Å². The molecule has 2 aromatic rings. The van der Waals surface area contributed by atoms with Gasteiger partial charge in [-0.05, 0) is 48.9 Å². The van der Waals surface area contributed by atoms with E-state index in [1.54, 1.807) is 14.2 Å². The van der Waals surface area contributed by atoms with Crippen molar-refractivity contribution in [2.24, 2.45) is 0 Å². The first-order valence-corrected chi connectivity index (χ1v) is 8.80. The zero-order valence-electron chi connectivity index (χ0n) is 15.0. The molecule has 1 amide bonds. The molecule has 0 bridgehead atoms. The fraction of sp³-hybridized carbons (Fsp3) is 0.316. The highest BCUT2D eigenvalue weighted by atomic mass is 79.9. The van der Waals surface area contributed by atoms with Crippen LogP contribution in [0.1, 0.15) is 11.1 Å². The first kappa shape index (κ1) is 19.3. The minimum atomic E-state index is -0.0158. The van der Waals surface area contributed by atoms with Crippen molar-refractivity contribution in [1.82, 2.24) is 0 Å². The van der Waals surface area contributed by atoms with Crippen LogP contribution in [0.15, 0.2) is 40.9 Å². The molecule has 5 nitrogen and oxygen atoms in total. The van der Waals surface area contributed by atoms with Crippen LogP contribution in [-0.2, 0) is 11.3 Å². The Hall–Kier alpha value is -2.05. The van der Waals surface area contributed by atoms with Gasteiger partial charge in [0.15, 0.2) is 18.0 Å². The van der Waals surface area contributed by atoms with Crippen LogP contribution < -0.4 is 19.7 Å². The maximum absolute atomic E-state index is 12.2. The first-order chi connectivity index (χ1) is 11.9. The van der Waals surface area contributed by atoms with Crippen LogP contribution in [-0.4, -0.2) is 33.7 Å².